The molecule has 21 heavy (non-hydrogen) atoms. The number of benzene rings is 1. The summed E-state index contributed by atoms with van der Waals surface area (Å²) in [6.07, 6.45) is 0.883. The minimum atomic E-state index is -1.69. The summed E-state index contributed by atoms with van der Waals surface area (Å²) >= 11 is 0. The maximum absolute atomic E-state index is 9.31. The molecule has 0 aliphatic heterocycles. The predicted molar refractivity (Wildman–Crippen MR) is 93.5 cm³/mol. The molecule has 0 unspecified atom stereocenters. The van der Waals surface area contributed by atoms with Crippen LogP contribution in [0.15, 0.2) is 18.2 Å². The van der Waals surface area contributed by atoms with E-state index in [2.05, 4.69) is 50.9 Å². The maximum Gasteiger partial charge on any atom is 0.191 e. The van der Waals surface area contributed by atoms with E-state index in [0.717, 1.165) is 18.6 Å². The van der Waals surface area contributed by atoms with E-state index in [0.29, 0.717) is 0 Å². The van der Waals surface area contributed by atoms with Gasteiger partial charge in [0.15, 0.2) is 8.32 Å². The molecular weight excluding hydrogens is 278 g/mol. The summed E-state index contributed by atoms with van der Waals surface area (Å²) in [5.74, 6) is 0. The van der Waals surface area contributed by atoms with Gasteiger partial charge in [-0.1, -0.05) is 32.9 Å². The average Bonchev–Trinajstić information content (AvgIpc) is 2.36. The molecule has 0 amide bonds. The number of hydrogen-bond donors (Lipinski definition) is 1. The smallest absolute Gasteiger partial charge is 0.191 e. The van der Waals surface area contributed by atoms with Crippen LogP contribution >= 0.6 is 0 Å². The second kappa shape index (κ2) is 6.94. The first-order valence-electron chi connectivity index (χ1n) is 7.62. The summed E-state index contributed by atoms with van der Waals surface area (Å²) < 4.78 is 6.26. The molecule has 1 aromatic carbocycles. The van der Waals surface area contributed by atoms with Crippen molar-refractivity contribution < 1.29 is 9.53 Å². The Kier molecular flexibility index (Phi) is 6.02. The summed E-state index contributed by atoms with van der Waals surface area (Å²) in [4.78, 5) is 2.11. The Morgan fingerprint density at radius 1 is 1.19 bits per heavy atom. The van der Waals surface area contributed by atoms with E-state index < -0.39 is 8.32 Å². The largest absolute Gasteiger partial charge is 0.416 e. The van der Waals surface area contributed by atoms with E-state index in [1.807, 2.05) is 20.2 Å². The molecule has 1 aromatic rings. The van der Waals surface area contributed by atoms with Crippen LogP contribution in [-0.4, -0.2) is 34.1 Å². The van der Waals surface area contributed by atoms with Crippen LogP contribution in [0.1, 0.15) is 31.9 Å². The number of aliphatic hydroxyl groups excluding tert-OH is 1. The zero-order valence-corrected chi connectivity index (χ0v) is 15.7. The molecule has 0 bridgehead atoms. The summed E-state index contributed by atoms with van der Waals surface area (Å²) in [5.41, 5.74) is 3.40. The van der Waals surface area contributed by atoms with Gasteiger partial charge in [0, 0.05) is 26.4 Å². The number of hydrogen-bond acceptors (Lipinski definition) is 3. The first-order chi connectivity index (χ1) is 9.58. The van der Waals surface area contributed by atoms with Gasteiger partial charge in [-0.25, -0.2) is 0 Å². The molecule has 0 aliphatic rings. The predicted octanol–water partition coefficient (Wildman–Crippen LogP) is 3.81. The summed E-state index contributed by atoms with van der Waals surface area (Å²) in [5, 5.41) is 9.56. The lowest BCUT2D eigenvalue weighted by molar-refractivity contribution is 0.280. The Morgan fingerprint density at radius 3 is 2.29 bits per heavy atom. The van der Waals surface area contributed by atoms with Crippen molar-refractivity contribution in [2.45, 2.75) is 51.9 Å². The van der Waals surface area contributed by atoms with E-state index in [-0.39, 0.29) is 11.6 Å². The number of aliphatic hydroxyl groups is 1. The van der Waals surface area contributed by atoms with Crippen LogP contribution in [0.3, 0.4) is 0 Å². The molecule has 0 heterocycles. The molecule has 0 atom stereocenters. The Morgan fingerprint density at radius 2 is 1.81 bits per heavy atom. The Labute approximate surface area is 131 Å². The van der Waals surface area contributed by atoms with Gasteiger partial charge in [-0.2, -0.15) is 0 Å². The van der Waals surface area contributed by atoms with Crippen LogP contribution in [0.5, 0.6) is 0 Å². The summed E-state index contributed by atoms with van der Waals surface area (Å²) in [6.45, 7) is 12.2. The first-order valence-corrected chi connectivity index (χ1v) is 10.5. The van der Waals surface area contributed by atoms with E-state index in [4.69, 9.17) is 4.43 Å². The molecule has 1 rings (SSSR count). The molecule has 0 saturated heterocycles. The average molecular weight is 310 g/mol. The van der Waals surface area contributed by atoms with Gasteiger partial charge in [0.2, 0.25) is 0 Å². The molecule has 0 aromatic heterocycles. The Bertz CT molecular complexity index is 464. The van der Waals surface area contributed by atoms with Crippen molar-refractivity contribution in [2.75, 3.05) is 25.6 Å². The molecule has 0 spiro atoms. The molecule has 4 heteroatoms. The number of anilines is 1. The fourth-order valence-corrected chi connectivity index (χ4v) is 3.05. The van der Waals surface area contributed by atoms with E-state index >= 15 is 0 Å². The normalized spacial score (nSPS) is 12.6. The molecular formula is C17H31NO2Si. The van der Waals surface area contributed by atoms with Crippen LogP contribution in [0, 0.1) is 0 Å². The lowest BCUT2D eigenvalue weighted by atomic mass is 10.1. The van der Waals surface area contributed by atoms with Gasteiger partial charge >= 0.3 is 0 Å². The standard InChI is InChI=1S/C17H31NO2Si/c1-17(2,3)21(6,7)20-11-10-15-12-14(13-19)8-9-16(15)18(4)5/h8-9,12,19H,10-11,13H2,1-7H3. The molecule has 0 aliphatic carbocycles. The molecule has 0 radical (unpaired) electrons. The van der Waals surface area contributed by atoms with Crippen LogP contribution in [-0.2, 0) is 17.5 Å². The topological polar surface area (TPSA) is 32.7 Å². The summed E-state index contributed by atoms with van der Waals surface area (Å²) in [6, 6.07) is 6.14. The second-order valence-electron chi connectivity index (χ2n) is 7.37. The highest BCUT2D eigenvalue weighted by atomic mass is 28.4. The van der Waals surface area contributed by atoms with Crippen molar-refractivity contribution in [1.82, 2.24) is 0 Å². The van der Waals surface area contributed by atoms with Gasteiger partial charge in [-0.05, 0) is 41.7 Å². The van der Waals surface area contributed by atoms with Crippen molar-refractivity contribution in [1.29, 1.82) is 0 Å². The van der Waals surface area contributed by atoms with Crippen molar-refractivity contribution in [3.8, 4) is 0 Å². The van der Waals surface area contributed by atoms with Crippen LogP contribution in [0.25, 0.3) is 0 Å². The van der Waals surface area contributed by atoms with Crippen molar-refractivity contribution in [3.63, 3.8) is 0 Å². The SMILES string of the molecule is CN(C)c1ccc(CO)cc1CCO[Si](C)(C)C(C)(C)C. The van der Waals surface area contributed by atoms with Crippen molar-refractivity contribution in [2.24, 2.45) is 0 Å². The molecule has 3 nitrogen and oxygen atoms in total. The van der Waals surface area contributed by atoms with Gasteiger partial charge in [-0.3, -0.25) is 0 Å². The first kappa shape index (κ1) is 18.2. The van der Waals surface area contributed by atoms with Crippen molar-refractivity contribution in [3.05, 3.63) is 29.3 Å². The number of nitrogens with zero attached hydrogens (tertiary/aromatic N) is 1. The van der Waals surface area contributed by atoms with Gasteiger partial charge in [0.05, 0.1) is 6.61 Å². The highest BCUT2D eigenvalue weighted by Crippen LogP contribution is 2.36. The quantitative estimate of drug-likeness (QED) is 0.811. The third-order valence-electron chi connectivity index (χ3n) is 4.45. The van der Waals surface area contributed by atoms with Crippen molar-refractivity contribution >= 4 is 14.0 Å². The van der Waals surface area contributed by atoms with Crippen LogP contribution in [0.2, 0.25) is 18.1 Å². The van der Waals surface area contributed by atoms with Gasteiger partial charge in [-0.15, -0.1) is 0 Å². The minimum absolute atomic E-state index is 0.0871. The van der Waals surface area contributed by atoms with Crippen LogP contribution in [0.4, 0.5) is 5.69 Å². The van der Waals surface area contributed by atoms with Crippen LogP contribution < -0.4 is 4.90 Å². The Balaban J connectivity index is 2.79. The van der Waals surface area contributed by atoms with Gasteiger partial charge < -0.3 is 14.4 Å². The fraction of sp³-hybridized carbons (Fsp3) is 0.647. The van der Waals surface area contributed by atoms with Gasteiger partial charge in [0.1, 0.15) is 0 Å². The lowest BCUT2D eigenvalue weighted by Crippen LogP contribution is -2.41. The molecule has 0 saturated carbocycles. The monoisotopic (exact) mass is 309 g/mol. The van der Waals surface area contributed by atoms with E-state index in [1.165, 1.54) is 11.3 Å². The lowest BCUT2D eigenvalue weighted by Gasteiger charge is -2.36. The highest BCUT2D eigenvalue weighted by Gasteiger charge is 2.36. The van der Waals surface area contributed by atoms with Gasteiger partial charge in [0.25, 0.3) is 0 Å². The summed E-state index contributed by atoms with van der Waals surface area (Å²) in [7, 11) is 2.41. The number of rotatable bonds is 6. The zero-order valence-electron chi connectivity index (χ0n) is 14.7. The Hall–Kier alpha value is -0.843. The molecule has 1 N–H and O–H groups in total. The van der Waals surface area contributed by atoms with E-state index in [1.54, 1.807) is 0 Å². The van der Waals surface area contributed by atoms with E-state index in [9.17, 15) is 5.11 Å². The minimum Gasteiger partial charge on any atom is -0.416 e. The fourth-order valence-electron chi connectivity index (χ4n) is 2.01. The molecule has 120 valence electrons. The molecule has 0 fully saturated rings. The third kappa shape index (κ3) is 4.83. The highest BCUT2D eigenvalue weighted by molar-refractivity contribution is 6.74. The zero-order chi connectivity index (χ0) is 16.3. The second-order valence-corrected chi connectivity index (χ2v) is 12.2. The maximum atomic E-state index is 9.31. The third-order valence-corrected chi connectivity index (χ3v) is 8.99.